The molecule has 0 radical (unpaired) electrons. The molecular weight excluding hydrogens is 244 g/mol. The monoisotopic (exact) mass is 262 g/mol. The fourth-order valence-corrected chi connectivity index (χ4v) is 2.23. The van der Waals surface area contributed by atoms with Crippen molar-refractivity contribution >= 4 is 11.7 Å². The molecule has 0 aliphatic carbocycles. The minimum absolute atomic E-state index is 0.383. The van der Waals surface area contributed by atoms with E-state index in [1.165, 1.54) is 7.11 Å². The van der Waals surface area contributed by atoms with Crippen LogP contribution in [-0.2, 0) is 20.8 Å². The Morgan fingerprint density at radius 3 is 2.84 bits per heavy atom. The fraction of sp³-hybridized carbons (Fsp3) is 0.429. The van der Waals surface area contributed by atoms with Gasteiger partial charge in [-0.05, 0) is 12.6 Å². The SMILES string of the molecule is CNCC1=NOC(Cc2ccccc2)(C(=O)OC)C1. The van der Waals surface area contributed by atoms with Crippen LogP contribution in [0.2, 0.25) is 0 Å². The summed E-state index contributed by atoms with van der Waals surface area (Å²) < 4.78 is 4.88. The highest BCUT2D eigenvalue weighted by atomic mass is 16.7. The number of ether oxygens (including phenoxy) is 1. The molecule has 1 atom stereocenters. The first-order chi connectivity index (χ1) is 9.20. The van der Waals surface area contributed by atoms with E-state index in [1.54, 1.807) is 0 Å². The van der Waals surface area contributed by atoms with Crippen LogP contribution in [-0.4, -0.2) is 38.0 Å². The predicted molar refractivity (Wildman–Crippen MR) is 72.0 cm³/mol. The van der Waals surface area contributed by atoms with E-state index in [9.17, 15) is 4.79 Å². The van der Waals surface area contributed by atoms with Gasteiger partial charge in [0.25, 0.3) is 0 Å². The number of esters is 1. The molecule has 102 valence electrons. The van der Waals surface area contributed by atoms with Crippen molar-refractivity contribution in [2.75, 3.05) is 20.7 Å². The lowest BCUT2D eigenvalue weighted by Gasteiger charge is -2.23. The topological polar surface area (TPSA) is 59.9 Å². The maximum Gasteiger partial charge on any atom is 0.353 e. The predicted octanol–water partition coefficient (Wildman–Crippen LogP) is 1.14. The molecule has 0 saturated heterocycles. The minimum Gasteiger partial charge on any atom is -0.466 e. The molecule has 0 amide bonds. The number of nitrogens with zero attached hydrogens (tertiary/aromatic N) is 1. The quantitative estimate of drug-likeness (QED) is 0.808. The molecule has 2 rings (SSSR count). The first-order valence-electron chi connectivity index (χ1n) is 6.21. The number of methoxy groups -OCH3 is 1. The number of carbonyl (C=O) groups excluding carboxylic acids is 1. The van der Waals surface area contributed by atoms with Gasteiger partial charge in [0.2, 0.25) is 5.60 Å². The molecule has 1 aromatic rings. The largest absolute Gasteiger partial charge is 0.466 e. The summed E-state index contributed by atoms with van der Waals surface area (Å²) >= 11 is 0. The second kappa shape index (κ2) is 5.84. The van der Waals surface area contributed by atoms with Gasteiger partial charge in [-0.1, -0.05) is 35.5 Å². The summed E-state index contributed by atoms with van der Waals surface area (Å²) in [5.74, 6) is -0.383. The summed E-state index contributed by atoms with van der Waals surface area (Å²) in [5.41, 5.74) is 0.820. The third-order valence-corrected chi connectivity index (χ3v) is 3.11. The maximum atomic E-state index is 12.0. The van der Waals surface area contributed by atoms with E-state index in [4.69, 9.17) is 9.57 Å². The van der Waals surface area contributed by atoms with Gasteiger partial charge in [-0.25, -0.2) is 4.79 Å². The van der Waals surface area contributed by atoms with Gasteiger partial charge in [-0.2, -0.15) is 0 Å². The molecule has 19 heavy (non-hydrogen) atoms. The molecule has 0 aromatic heterocycles. The van der Waals surface area contributed by atoms with Crippen molar-refractivity contribution in [3.63, 3.8) is 0 Å². The Hall–Kier alpha value is -1.88. The van der Waals surface area contributed by atoms with Gasteiger partial charge in [0.15, 0.2) is 0 Å². The van der Waals surface area contributed by atoms with Gasteiger partial charge >= 0.3 is 5.97 Å². The lowest BCUT2D eigenvalue weighted by molar-refractivity contribution is -0.166. The number of hydrogen-bond donors (Lipinski definition) is 1. The molecule has 1 N–H and O–H groups in total. The van der Waals surface area contributed by atoms with Gasteiger partial charge in [0.1, 0.15) is 0 Å². The Morgan fingerprint density at radius 2 is 2.21 bits per heavy atom. The molecule has 5 heteroatoms. The standard InChI is InChI=1S/C14H18N2O3/c1-15-10-12-9-14(19-16-12,13(17)18-2)8-11-6-4-3-5-7-11/h3-7,15H,8-10H2,1-2H3. The molecule has 1 aromatic carbocycles. The molecule has 1 aliphatic heterocycles. The third-order valence-electron chi connectivity index (χ3n) is 3.11. The highest BCUT2D eigenvalue weighted by Crippen LogP contribution is 2.29. The van der Waals surface area contributed by atoms with Crippen LogP contribution in [0.5, 0.6) is 0 Å². The fourth-order valence-electron chi connectivity index (χ4n) is 2.23. The summed E-state index contributed by atoms with van der Waals surface area (Å²) in [6.45, 7) is 0.605. The summed E-state index contributed by atoms with van der Waals surface area (Å²) in [7, 11) is 3.20. The number of hydrogen-bond acceptors (Lipinski definition) is 5. The lowest BCUT2D eigenvalue weighted by atomic mass is 9.89. The Morgan fingerprint density at radius 1 is 1.47 bits per heavy atom. The number of carbonyl (C=O) groups is 1. The zero-order valence-electron chi connectivity index (χ0n) is 11.2. The van der Waals surface area contributed by atoms with Crippen molar-refractivity contribution in [1.29, 1.82) is 0 Å². The average molecular weight is 262 g/mol. The van der Waals surface area contributed by atoms with E-state index < -0.39 is 5.60 Å². The highest BCUT2D eigenvalue weighted by molar-refractivity contribution is 5.95. The van der Waals surface area contributed by atoms with Gasteiger partial charge in [0, 0.05) is 19.4 Å². The molecule has 5 nitrogen and oxygen atoms in total. The van der Waals surface area contributed by atoms with Gasteiger partial charge in [-0.15, -0.1) is 0 Å². The van der Waals surface area contributed by atoms with Crippen LogP contribution in [0.4, 0.5) is 0 Å². The van der Waals surface area contributed by atoms with E-state index in [0.29, 0.717) is 19.4 Å². The molecule has 1 unspecified atom stereocenters. The number of nitrogens with one attached hydrogen (secondary N) is 1. The van der Waals surface area contributed by atoms with E-state index in [0.717, 1.165) is 11.3 Å². The van der Waals surface area contributed by atoms with Crippen LogP contribution in [0.3, 0.4) is 0 Å². The summed E-state index contributed by atoms with van der Waals surface area (Å²) in [5, 5.41) is 7.00. The van der Waals surface area contributed by atoms with E-state index >= 15 is 0 Å². The minimum atomic E-state index is -1.03. The first-order valence-corrected chi connectivity index (χ1v) is 6.21. The second-order valence-electron chi connectivity index (χ2n) is 4.60. The van der Waals surface area contributed by atoms with Crippen LogP contribution < -0.4 is 5.32 Å². The highest BCUT2D eigenvalue weighted by Gasteiger charge is 2.47. The van der Waals surface area contributed by atoms with Crippen molar-refractivity contribution in [2.45, 2.75) is 18.4 Å². The van der Waals surface area contributed by atoms with Crippen molar-refractivity contribution in [3.05, 3.63) is 35.9 Å². The zero-order chi connectivity index (χ0) is 13.7. The molecule has 0 saturated carbocycles. The molecule has 1 heterocycles. The molecule has 0 bridgehead atoms. The smallest absolute Gasteiger partial charge is 0.353 e. The number of rotatable bonds is 5. The van der Waals surface area contributed by atoms with Crippen molar-refractivity contribution < 1.29 is 14.4 Å². The van der Waals surface area contributed by atoms with Crippen LogP contribution in [0.15, 0.2) is 35.5 Å². The Kier molecular flexibility index (Phi) is 4.16. The maximum absolute atomic E-state index is 12.0. The Balaban J connectivity index is 2.17. The summed E-state index contributed by atoms with van der Waals surface area (Å²) in [6, 6.07) is 9.73. The van der Waals surface area contributed by atoms with E-state index in [-0.39, 0.29) is 5.97 Å². The summed E-state index contributed by atoms with van der Waals surface area (Å²) in [4.78, 5) is 17.5. The average Bonchev–Trinajstić information content (AvgIpc) is 2.84. The van der Waals surface area contributed by atoms with Gasteiger partial charge in [0.05, 0.1) is 12.8 Å². The summed E-state index contributed by atoms with van der Waals surface area (Å²) in [6.07, 6.45) is 0.909. The zero-order valence-corrected chi connectivity index (χ0v) is 11.2. The normalized spacial score (nSPS) is 21.7. The van der Waals surface area contributed by atoms with Crippen LogP contribution in [0.1, 0.15) is 12.0 Å². The Bertz CT molecular complexity index is 473. The van der Waals surface area contributed by atoms with Crippen LogP contribution >= 0.6 is 0 Å². The van der Waals surface area contributed by atoms with Crippen molar-refractivity contribution in [3.8, 4) is 0 Å². The van der Waals surface area contributed by atoms with Crippen molar-refractivity contribution in [1.82, 2.24) is 5.32 Å². The molecule has 0 fully saturated rings. The molecular formula is C14H18N2O3. The van der Waals surface area contributed by atoms with Crippen molar-refractivity contribution in [2.24, 2.45) is 5.16 Å². The number of benzene rings is 1. The number of oxime groups is 1. The van der Waals surface area contributed by atoms with Gasteiger partial charge in [-0.3, -0.25) is 0 Å². The lowest BCUT2D eigenvalue weighted by Crippen LogP contribution is -2.42. The van der Waals surface area contributed by atoms with Crippen LogP contribution in [0.25, 0.3) is 0 Å². The molecule has 1 aliphatic rings. The van der Waals surface area contributed by atoms with E-state index in [2.05, 4.69) is 10.5 Å². The molecule has 0 spiro atoms. The first kappa shape index (κ1) is 13.5. The Labute approximate surface area is 112 Å². The second-order valence-corrected chi connectivity index (χ2v) is 4.60. The van der Waals surface area contributed by atoms with E-state index in [1.807, 2.05) is 37.4 Å². The van der Waals surface area contributed by atoms with Crippen LogP contribution in [0, 0.1) is 0 Å². The van der Waals surface area contributed by atoms with Gasteiger partial charge < -0.3 is 14.9 Å². The third kappa shape index (κ3) is 2.93.